The highest BCUT2D eigenvalue weighted by Crippen LogP contribution is 2.36. The van der Waals surface area contributed by atoms with Crippen LogP contribution in [0, 0.1) is 0 Å². The summed E-state index contributed by atoms with van der Waals surface area (Å²) in [5, 5.41) is 5.43. The molecular weight excluding hydrogens is 415 g/mol. The van der Waals surface area contributed by atoms with Gasteiger partial charge in [0.1, 0.15) is 16.3 Å². The fourth-order valence-electron chi connectivity index (χ4n) is 3.73. The molecule has 0 amide bonds. The normalized spacial score (nSPS) is 12.5. The fraction of sp³-hybridized carbons (Fsp3) is 0.174. The molecule has 8 heteroatoms. The van der Waals surface area contributed by atoms with E-state index in [1.54, 1.807) is 49.2 Å². The Hall–Kier alpha value is -3.52. The van der Waals surface area contributed by atoms with Crippen molar-refractivity contribution < 1.29 is 9.13 Å². The number of rotatable bonds is 5. The molecule has 1 atom stereocenters. The zero-order valence-electron chi connectivity index (χ0n) is 16.9. The van der Waals surface area contributed by atoms with E-state index >= 15 is 4.39 Å². The van der Waals surface area contributed by atoms with Crippen molar-refractivity contribution in [2.75, 3.05) is 7.11 Å². The summed E-state index contributed by atoms with van der Waals surface area (Å²) in [7, 11) is 3.38. The second-order valence-corrected chi connectivity index (χ2v) is 8.29. The van der Waals surface area contributed by atoms with Gasteiger partial charge in [-0.1, -0.05) is 42.5 Å². The maximum absolute atomic E-state index is 15.0. The van der Waals surface area contributed by atoms with Crippen LogP contribution in [0.25, 0.3) is 21.3 Å². The summed E-state index contributed by atoms with van der Waals surface area (Å²) in [6, 6.07) is 16.5. The average Bonchev–Trinajstić information content (AvgIpc) is 3.35. The van der Waals surface area contributed by atoms with Gasteiger partial charge in [-0.25, -0.2) is 14.1 Å². The molecule has 6 nitrogen and oxygen atoms in total. The second kappa shape index (κ2) is 7.63. The predicted octanol–water partition coefficient (Wildman–Crippen LogP) is 4.46. The highest BCUT2D eigenvalue weighted by atomic mass is 32.1. The first-order valence-electron chi connectivity index (χ1n) is 9.73. The van der Waals surface area contributed by atoms with E-state index < -0.39 is 6.17 Å². The van der Waals surface area contributed by atoms with E-state index in [2.05, 4.69) is 10.1 Å². The number of fused-ring (bicyclic) bond motifs is 3. The molecule has 0 aliphatic heterocycles. The average molecular weight is 434 g/mol. The topological polar surface area (TPSA) is 61.9 Å². The predicted molar refractivity (Wildman–Crippen MR) is 120 cm³/mol. The van der Waals surface area contributed by atoms with Crippen molar-refractivity contribution in [1.82, 2.24) is 19.3 Å². The molecule has 31 heavy (non-hydrogen) atoms. The van der Waals surface area contributed by atoms with Gasteiger partial charge in [-0.15, -0.1) is 11.3 Å². The third kappa shape index (κ3) is 3.29. The molecule has 3 aromatic heterocycles. The molecule has 2 aromatic carbocycles. The van der Waals surface area contributed by atoms with Crippen LogP contribution in [0.4, 0.5) is 4.39 Å². The second-order valence-electron chi connectivity index (χ2n) is 7.26. The van der Waals surface area contributed by atoms with Crippen LogP contribution in [-0.2, 0) is 13.6 Å². The van der Waals surface area contributed by atoms with Crippen LogP contribution in [0.2, 0.25) is 0 Å². The summed E-state index contributed by atoms with van der Waals surface area (Å²) in [5.74, 6) is 0.724. The monoisotopic (exact) mass is 434 g/mol. The minimum atomic E-state index is -1.31. The Kier molecular flexibility index (Phi) is 4.78. The molecule has 156 valence electrons. The summed E-state index contributed by atoms with van der Waals surface area (Å²) >= 11 is 1.26. The van der Waals surface area contributed by atoms with Crippen molar-refractivity contribution in [2.45, 2.75) is 12.7 Å². The van der Waals surface area contributed by atoms with Crippen LogP contribution in [0.15, 0.2) is 65.6 Å². The zero-order chi connectivity index (χ0) is 21.5. The molecule has 0 aliphatic carbocycles. The summed E-state index contributed by atoms with van der Waals surface area (Å²) in [5.41, 5.74) is 2.35. The Balaban J connectivity index is 1.57. The van der Waals surface area contributed by atoms with Crippen LogP contribution >= 0.6 is 11.3 Å². The lowest BCUT2D eigenvalue weighted by Crippen LogP contribution is -2.24. The molecule has 0 aliphatic rings. The third-order valence-corrected chi connectivity index (χ3v) is 6.43. The summed E-state index contributed by atoms with van der Waals surface area (Å²) in [6.07, 6.45) is 0.353. The van der Waals surface area contributed by atoms with Crippen LogP contribution in [-0.4, -0.2) is 26.4 Å². The van der Waals surface area contributed by atoms with Crippen molar-refractivity contribution in [1.29, 1.82) is 0 Å². The van der Waals surface area contributed by atoms with Gasteiger partial charge in [0.25, 0.3) is 5.56 Å². The standard InChI is InChI=1S/C23H19FN4O2S/c1-27-19-17(12-25-28(23(19)29)13-14-7-6-10-16(11-14)30-2)20-21(27)26-22(31-20)18(24)15-8-4-3-5-9-15/h3-12,18H,13H2,1-2H3. The number of methoxy groups -OCH3 is 1. The molecule has 1 unspecified atom stereocenters. The van der Waals surface area contributed by atoms with Crippen LogP contribution < -0.4 is 10.3 Å². The van der Waals surface area contributed by atoms with Crippen molar-refractivity contribution in [3.8, 4) is 5.75 Å². The van der Waals surface area contributed by atoms with Gasteiger partial charge in [0.2, 0.25) is 0 Å². The van der Waals surface area contributed by atoms with Gasteiger partial charge < -0.3 is 9.30 Å². The number of aromatic nitrogens is 4. The highest BCUT2D eigenvalue weighted by molar-refractivity contribution is 7.19. The molecule has 0 bridgehead atoms. The Labute approximate surface area is 181 Å². The van der Waals surface area contributed by atoms with Gasteiger partial charge in [-0.2, -0.15) is 5.10 Å². The van der Waals surface area contributed by atoms with E-state index in [0.29, 0.717) is 33.7 Å². The summed E-state index contributed by atoms with van der Waals surface area (Å²) in [6.45, 7) is 0.323. The van der Waals surface area contributed by atoms with E-state index in [1.165, 1.54) is 16.0 Å². The molecule has 0 saturated heterocycles. The lowest BCUT2D eigenvalue weighted by atomic mass is 10.1. The number of hydrogen-bond donors (Lipinski definition) is 0. The minimum Gasteiger partial charge on any atom is -0.497 e. The van der Waals surface area contributed by atoms with Crippen molar-refractivity contribution in [3.63, 3.8) is 0 Å². The lowest BCUT2D eigenvalue weighted by molar-refractivity contribution is 0.401. The molecular formula is C23H19FN4O2S. The maximum atomic E-state index is 15.0. The zero-order valence-corrected chi connectivity index (χ0v) is 17.8. The Morgan fingerprint density at radius 1 is 1.16 bits per heavy atom. The number of benzene rings is 2. The molecule has 0 saturated carbocycles. The molecule has 3 heterocycles. The van der Waals surface area contributed by atoms with E-state index in [9.17, 15) is 4.79 Å². The van der Waals surface area contributed by atoms with Gasteiger partial charge in [-0.3, -0.25) is 4.79 Å². The number of hydrogen-bond acceptors (Lipinski definition) is 5. The number of alkyl halides is 1. The minimum absolute atomic E-state index is 0.213. The Morgan fingerprint density at radius 2 is 1.97 bits per heavy atom. The van der Waals surface area contributed by atoms with Crippen molar-refractivity contribution in [3.05, 3.63) is 87.3 Å². The number of aryl methyl sites for hydroxylation is 1. The van der Waals surface area contributed by atoms with Gasteiger partial charge in [0.15, 0.2) is 11.8 Å². The smallest absolute Gasteiger partial charge is 0.291 e. The summed E-state index contributed by atoms with van der Waals surface area (Å²) < 4.78 is 24.2. The fourth-order valence-corrected chi connectivity index (χ4v) is 4.85. The first-order chi connectivity index (χ1) is 15.1. The molecule has 5 rings (SSSR count). The van der Waals surface area contributed by atoms with E-state index in [-0.39, 0.29) is 5.56 Å². The molecule has 0 spiro atoms. The van der Waals surface area contributed by atoms with Gasteiger partial charge in [0, 0.05) is 12.4 Å². The molecule has 0 radical (unpaired) electrons. The van der Waals surface area contributed by atoms with Crippen molar-refractivity contribution >= 4 is 32.6 Å². The maximum Gasteiger partial charge on any atom is 0.291 e. The van der Waals surface area contributed by atoms with E-state index in [4.69, 9.17) is 4.74 Å². The number of thiazole rings is 1. The van der Waals surface area contributed by atoms with Gasteiger partial charge in [0.05, 0.1) is 24.6 Å². The van der Waals surface area contributed by atoms with Crippen LogP contribution in [0.1, 0.15) is 22.3 Å². The van der Waals surface area contributed by atoms with E-state index in [1.807, 2.05) is 30.3 Å². The van der Waals surface area contributed by atoms with Gasteiger partial charge in [-0.05, 0) is 23.3 Å². The molecule has 5 aromatic rings. The largest absolute Gasteiger partial charge is 0.497 e. The Bertz CT molecular complexity index is 1460. The van der Waals surface area contributed by atoms with Crippen molar-refractivity contribution in [2.24, 2.45) is 7.05 Å². The third-order valence-electron chi connectivity index (χ3n) is 5.32. The van der Waals surface area contributed by atoms with Gasteiger partial charge >= 0.3 is 0 Å². The quantitative estimate of drug-likeness (QED) is 0.410. The molecule has 0 fully saturated rings. The SMILES string of the molecule is COc1cccc(Cn2ncc3c4sc(C(F)c5ccccc5)nc4n(C)c3c2=O)c1. The first-order valence-corrected chi connectivity index (χ1v) is 10.6. The Morgan fingerprint density at radius 3 is 2.74 bits per heavy atom. The molecule has 0 N–H and O–H groups in total. The van der Waals surface area contributed by atoms with Crippen LogP contribution in [0.5, 0.6) is 5.75 Å². The van der Waals surface area contributed by atoms with E-state index in [0.717, 1.165) is 16.0 Å². The number of ether oxygens (including phenoxy) is 1. The van der Waals surface area contributed by atoms with Crippen LogP contribution in [0.3, 0.4) is 0 Å². The number of nitrogens with zero attached hydrogens (tertiary/aromatic N) is 4. The highest BCUT2D eigenvalue weighted by Gasteiger charge is 2.23. The summed E-state index contributed by atoms with van der Waals surface area (Å²) in [4.78, 5) is 17.7. The lowest BCUT2D eigenvalue weighted by Gasteiger charge is -2.07. The first kappa shape index (κ1) is 19.4. The number of halogens is 1.